The van der Waals surface area contributed by atoms with Crippen LogP contribution in [0.15, 0.2) is 72.0 Å². The molecular formula is C22H21ClN4O. The van der Waals surface area contributed by atoms with Gasteiger partial charge in [-0.1, -0.05) is 29.8 Å². The van der Waals surface area contributed by atoms with Gasteiger partial charge in [-0.2, -0.15) is 0 Å². The number of halogens is 1. The van der Waals surface area contributed by atoms with Crippen LogP contribution in [-0.4, -0.2) is 16.9 Å². The van der Waals surface area contributed by atoms with E-state index in [2.05, 4.69) is 27.5 Å². The Morgan fingerprint density at radius 1 is 1.04 bits per heavy atom. The van der Waals surface area contributed by atoms with Crippen LogP contribution in [0.1, 0.15) is 27.0 Å². The van der Waals surface area contributed by atoms with Crippen LogP contribution >= 0.6 is 11.6 Å². The lowest BCUT2D eigenvalue weighted by molar-refractivity contribution is 0.0977. The summed E-state index contributed by atoms with van der Waals surface area (Å²) in [5.74, 6) is 0.0281. The molecule has 2 aromatic carbocycles. The minimum Gasteiger partial charge on any atom is -0.326 e. The molecule has 0 fully saturated rings. The molecule has 0 unspecified atom stereocenters. The maximum Gasteiger partial charge on any atom is 0.259 e. The molecule has 0 bridgehead atoms. The monoisotopic (exact) mass is 392 g/mol. The van der Waals surface area contributed by atoms with Gasteiger partial charge in [0.15, 0.2) is 0 Å². The van der Waals surface area contributed by atoms with Gasteiger partial charge >= 0.3 is 0 Å². The van der Waals surface area contributed by atoms with E-state index in [1.165, 1.54) is 5.56 Å². The highest BCUT2D eigenvalue weighted by Gasteiger charge is 2.12. The molecule has 2 N–H and O–H groups in total. The highest BCUT2D eigenvalue weighted by atomic mass is 35.5. The van der Waals surface area contributed by atoms with Crippen molar-refractivity contribution in [1.29, 1.82) is 0 Å². The summed E-state index contributed by atoms with van der Waals surface area (Å²) in [5.41, 5.74) is 4.57. The van der Waals surface area contributed by atoms with Gasteiger partial charge in [0, 0.05) is 18.1 Å². The first-order chi connectivity index (χ1) is 13.5. The Bertz CT molecular complexity index is 1000. The summed E-state index contributed by atoms with van der Waals surface area (Å²) in [6, 6.07) is 16.7. The summed E-state index contributed by atoms with van der Waals surface area (Å²) in [6.45, 7) is 4.49. The number of aromatic nitrogens is 1. The van der Waals surface area contributed by atoms with Crippen molar-refractivity contribution in [3.63, 3.8) is 0 Å². The van der Waals surface area contributed by atoms with Crippen molar-refractivity contribution in [1.82, 2.24) is 10.3 Å². The Morgan fingerprint density at radius 2 is 1.79 bits per heavy atom. The average Bonchev–Trinajstić information content (AvgIpc) is 2.70. The van der Waals surface area contributed by atoms with Crippen molar-refractivity contribution in [2.75, 3.05) is 5.32 Å². The maximum atomic E-state index is 12.7. The van der Waals surface area contributed by atoms with Gasteiger partial charge in [0.25, 0.3) is 5.91 Å². The van der Waals surface area contributed by atoms with Crippen LogP contribution in [0.25, 0.3) is 0 Å². The normalized spacial score (nSPS) is 11.2. The molecule has 1 amide bonds. The topological polar surface area (TPSA) is 66.4 Å². The number of hydrogen-bond donors (Lipinski definition) is 2. The number of rotatable bonds is 4. The van der Waals surface area contributed by atoms with Gasteiger partial charge in [0.1, 0.15) is 0 Å². The Hall–Kier alpha value is -3.18. The summed E-state index contributed by atoms with van der Waals surface area (Å²) in [5, 5.41) is 6.41. The van der Waals surface area contributed by atoms with Gasteiger partial charge < -0.3 is 5.32 Å². The number of aryl methyl sites for hydroxylation is 2. The molecule has 0 atom stereocenters. The standard InChI is InChI=1S/C22H21ClN4O/c1-15-7-8-18(13-16(15)2)26-22(25-14-17-9-11-24-12-10-17)27-21(28)19-5-3-4-6-20(19)23/h3-13H,14H2,1-2H3,(H2,25,26,27,28). The van der Waals surface area contributed by atoms with Crippen LogP contribution in [0.3, 0.4) is 0 Å². The van der Waals surface area contributed by atoms with Gasteiger partial charge in [-0.3, -0.25) is 15.1 Å². The van der Waals surface area contributed by atoms with Gasteiger partial charge in [-0.05, 0) is 66.9 Å². The Morgan fingerprint density at radius 3 is 2.50 bits per heavy atom. The van der Waals surface area contributed by atoms with E-state index in [1.54, 1.807) is 36.7 Å². The third-order valence-electron chi connectivity index (χ3n) is 4.29. The quantitative estimate of drug-likeness (QED) is 0.497. The second kappa shape index (κ2) is 9.15. The molecule has 0 saturated carbocycles. The van der Waals surface area contributed by atoms with Crippen molar-refractivity contribution < 1.29 is 4.79 Å². The van der Waals surface area contributed by atoms with Crippen LogP contribution in [0.4, 0.5) is 5.69 Å². The zero-order chi connectivity index (χ0) is 19.9. The largest absolute Gasteiger partial charge is 0.326 e. The molecule has 3 aromatic rings. The van der Waals surface area contributed by atoms with Crippen LogP contribution in [0, 0.1) is 13.8 Å². The number of pyridine rings is 1. The number of aliphatic imine (C=N–C) groups is 1. The number of carbonyl (C=O) groups excluding carboxylic acids is 1. The summed E-state index contributed by atoms with van der Waals surface area (Å²) in [7, 11) is 0. The van der Waals surface area contributed by atoms with Crippen molar-refractivity contribution in [2.45, 2.75) is 20.4 Å². The number of nitrogens with zero attached hydrogens (tertiary/aromatic N) is 2. The lowest BCUT2D eigenvalue weighted by Gasteiger charge is -2.13. The molecule has 0 aliphatic heterocycles. The van der Waals surface area contributed by atoms with E-state index in [4.69, 9.17) is 11.6 Å². The minimum absolute atomic E-state index is 0.324. The number of anilines is 1. The molecule has 0 aliphatic rings. The first-order valence-corrected chi connectivity index (χ1v) is 9.24. The minimum atomic E-state index is -0.324. The number of benzene rings is 2. The van der Waals surface area contributed by atoms with E-state index in [9.17, 15) is 4.79 Å². The molecule has 28 heavy (non-hydrogen) atoms. The predicted molar refractivity (Wildman–Crippen MR) is 114 cm³/mol. The van der Waals surface area contributed by atoms with Crippen LogP contribution in [0.5, 0.6) is 0 Å². The molecule has 0 aliphatic carbocycles. The third-order valence-corrected chi connectivity index (χ3v) is 4.62. The first-order valence-electron chi connectivity index (χ1n) is 8.86. The number of carbonyl (C=O) groups is 1. The van der Waals surface area contributed by atoms with Crippen molar-refractivity contribution >= 4 is 29.2 Å². The van der Waals surface area contributed by atoms with Crippen molar-refractivity contribution in [2.24, 2.45) is 4.99 Å². The molecular weight excluding hydrogens is 372 g/mol. The molecule has 0 saturated heterocycles. The van der Waals surface area contributed by atoms with Gasteiger partial charge in [-0.15, -0.1) is 0 Å². The van der Waals surface area contributed by atoms with Crippen molar-refractivity contribution in [3.05, 3.63) is 94.3 Å². The van der Waals surface area contributed by atoms with E-state index in [0.29, 0.717) is 23.1 Å². The molecule has 1 aromatic heterocycles. The van der Waals surface area contributed by atoms with E-state index in [1.807, 2.05) is 37.3 Å². The summed E-state index contributed by atoms with van der Waals surface area (Å²) in [6.07, 6.45) is 3.42. The number of hydrogen-bond acceptors (Lipinski definition) is 3. The third kappa shape index (κ3) is 5.18. The van der Waals surface area contributed by atoms with Crippen molar-refractivity contribution in [3.8, 4) is 0 Å². The lowest BCUT2D eigenvalue weighted by Crippen LogP contribution is -2.36. The average molecular weight is 393 g/mol. The summed E-state index contributed by atoms with van der Waals surface area (Å²) < 4.78 is 0. The molecule has 1 heterocycles. The first kappa shape index (κ1) is 19.6. The Labute approximate surface area is 169 Å². The molecule has 0 spiro atoms. The fourth-order valence-corrected chi connectivity index (χ4v) is 2.77. The summed E-state index contributed by atoms with van der Waals surface area (Å²) >= 11 is 6.15. The zero-order valence-corrected chi connectivity index (χ0v) is 16.5. The number of amides is 1. The van der Waals surface area contributed by atoms with Gasteiger partial charge in [-0.25, -0.2) is 4.99 Å². The van der Waals surface area contributed by atoms with E-state index >= 15 is 0 Å². The fourth-order valence-electron chi connectivity index (χ4n) is 2.54. The second-order valence-corrected chi connectivity index (χ2v) is 6.79. The lowest BCUT2D eigenvalue weighted by atomic mass is 10.1. The van der Waals surface area contributed by atoms with E-state index in [-0.39, 0.29) is 5.91 Å². The SMILES string of the molecule is Cc1ccc(NC(=NCc2ccncc2)NC(=O)c2ccccc2Cl)cc1C. The molecule has 142 valence electrons. The molecule has 5 nitrogen and oxygen atoms in total. The van der Waals surface area contributed by atoms with Crippen LogP contribution in [0.2, 0.25) is 5.02 Å². The number of nitrogens with one attached hydrogen (secondary N) is 2. The molecule has 3 rings (SSSR count). The van der Waals surface area contributed by atoms with Gasteiger partial charge in [0.05, 0.1) is 17.1 Å². The second-order valence-electron chi connectivity index (χ2n) is 6.38. The van der Waals surface area contributed by atoms with Crippen LogP contribution < -0.4 is 10.6 Å². The molecule has 0 radical (unpaired) electrons. The Balaban J connectivity index is 1.84. The van der Waals surface area contributed by atoms with Gasteiger partial charge in [0.2, 0.25) is 5.96 Å². The maximum absolute atomic E-state index is 12.7. The van der Waals surface area contributed by atoms with E-state index < -0.39 is 0 Å². The molecule has 6 heteroatoms. The predicted octanol–water partition coefficient (Wildman–Crippen LogP) is 4.75. The zero-order valence-electron chi connectivity index (χ0n) is 15.7. The fraction of sp³-hybridized carbons (Fsp3) is 0.136. The van der Waals surface area contributed by atoms with E-state index in [0.717, 1.165) is 16.8 Å². The number of guanidine groups is 1. The highest BCUT2D eigenvalue weighted by molar-refractivity contribution is 6.34. The smallest absolute Gasteiger partial charge is 0.259 e. The van der Waals surface area contributed by atoms with Crippen LogP contribution in [-0.2, 0) is 6.54 Å². The Kier molecular flexibility index (Phi) is 6.40. The summed E-state index contributed by atoms with van der Waals surface area (Å²) in [4.78, 5) is 21.2. The highest BCUT2D eigenvalue weighted by Crippen LogP contribution is 2.16.